The molecule has 1 aliphatic rings. The summed E-state index contributed by atoms with van der Waals surface area (Å²) in [4.78, 5) is 16.4. The quantitative estimate of drug-likeness (QED) is 0.161. The van der Waals surface area contributed by atoms with Crippen LogP contribution in [0.2, 0.25) is 0 Å². The maximum absolute atomic E-state index is 5.62. The lowest BCUT2D eigenvalue weighted by Crippen LogP contribution is -2.32. The zero-order valence-corrected chi connectivity index (χ0v) is 33.7. The summed E-state index contributed by atoms with van der Waals surface area (Å²) in [7, 11) is 0. The van der Waals surface area contributed by atoms with E-state index in [-0.39, 0.29) is 0 Å². The molecule has 0 fully saturated rings. The number of nitrogens with zero attached hydrogens (tertiary/aromatic N) is 4. The molecule has 9 aromatic carbocycles. The molecule has 2 heterocycles. The molecule has 1 aliphatic carbocycles. The van der Waals surface area contributed by atoms with Crippen LogP contribution in [0.3, 0.4) is 0 Å². The highest BCUT2D eigenvalue weighted by atomic mass is 15.1. The largest absolute Gasteiger partial charge is 0.309 e. The molecule has 0 saturated carbocycles. The standard InChI is InChI=1S/C58H38N4/c1-4-18-39(19-5-1)42-24-16-26-45(36-42)58(51-31-13-10-28-47(51)48-29-11-14-32-52(48)58)57-60-55(41-22-8-3-9-23-41)59-56(61-57)44-25-17-27-46(37-44)62-53-33-15-12-30-49(53)50-38-43(34-35-54(50)62)40-20-6-2-7-21-40/h1-38H. The first-order valence-electron chi connectivity index (χ1n) is 21.1. The summed E-state index contributed by atoms with van der Waals surface area (Å²) < 4.78 is 2.36. The Kier molecular flexibility index (Phi) is 8.36. The predicted molar refractivity (Wildman–Crippen MR) is 253 cm³/mol. The van der Waals surface area contributed by atoms with Crippen LogP contribution in [0.25, 0.3) is 83.6 Å². The molecule has 290 valence electrons. The molecule has 12 rings (SSSR count). The van der Waals surface area contributed by atoms with Crippen molar-refractivity contribution in [2.75, 3.05) is 0 Å². The predicted octanol–water partition coefficient (Wildman–Crippen LogP) is 14.0. The van der Waals surface area contributed by atoms with Crippen molar-refractivity contribution in [2.24, 2.45) is 0 Å². The van der Waals surface area contributed by atoms with E-state index in [1.165, 1.54) is 33.0 Å². The third kappa shape index (κ3) is 5.65. The monoisotopic (exact) mass is 790 g/mol. The Balaban J connectivity index is 1.10. The van der Waals surface area contributed by atoms with Gasteiger partial charge in [0.1, 0.15) is 5.41 Å². The number of aromatic nitrogens is 4. The van der Waals surface area contributed by atoms with Gasteiger partial charge in [0.25, 0.3) is 0 Å². The average Bonchev–Trinajstić information content (AvgIpc) is 3.85. The number of hydrogen-bond acceptors (Lipinski definition) is 3. The maximum atomic E-state index is 5.62. The van der Waals surface area contributed by atoms with Gasteiger partial charge in [0.05, 0.1) is 11.0 Å². The Morgan fingerprint density at radius 1 is 0.323 bits per heavy atom. The lowest BCUT2D eigenvalue weighted by molar-refractivity contribution is 0.692. The van der Waals surface area contributed by atoms with Crippen molar-refractivity contribution in [3.8, 4) is 61.8 Å². The third-order valence-electron chi connectivity index (χ3n) is 12.5. The van der Waals surface area contributed by atoms with Gasteiger partial charge >= 0.3 is 0 Å². The van der Waals surface area contributed by atoms with Crippen molar-refractivity contribution in [1.82, 2.24) is 19.5 Å². The normalized spacial score (nSPS) is 12.6. The summed E-state index contributed by atoms with van der Waals surface area (Å²) in [5, 5.41) is 2.41. The van der Waals surface area contributed by atoms with Crippen LogP contribution in [0.1, 0.15) is 22.5 Å². The van der Waals surface area contributed by atoms with Gasteiger partial charge in [-0.15, -0.1) is 0 Å². The number of para-hydroxylation sites is 1. The Labute approximate surface area is 360 Å². The van der Waals surface area contributed by atoms with Gasteiger partial charge in [0.2, 0.25) is 0 Å². The molecule has 0 saturated heterocycles. The van der Waals surface area contributed by atoms with Crippen molar-refractivity contribution in [1.29, 1.82) is 0 Å². The number of hydrogen-bond donors (Lipinski definition) is 0. The van der Waals surface area contributed by atoms with E-state index in [0.717, 1.165) is 55.7 Å². The van der Waals surface area contributed by atoms with Crippen molar-refractivity contribution < 1.29 is 0 Å². The SMILES string of the molecule is c1ccc(-c2cccc(C3(c4nc(-c5ccccc5)nc(-c5cccc(-n6c7ccccc7c7cc(-c8ccccc8)ccc76)c5)n4)c4ccccc4-c4ccccc43)c2)cc1. The molecule has 0 bridgehead atoms. The van der Waals surface area contributed by atoms with E-state index in [2.05, 4.69) is 217 Å². The maximum Gasteiger partial charge on any atom is 0.163 e. The Hall–Kier alpha value is -8.21. The van der Waals surface area contributed by atoms with Gasteiger partial charge in [-0.05, 0) is 86.5 Å². The number of fused-ring (bicyclic) bond motifs is 6. The zero-order chi connectivity index (χ0) is 41.0. The van der Waals surface area contributed by atoms with E-state index in [4.69, 9.17) is 15.0 Å². The van der Waals surface area contributed by atoms with Gasteiger partial charge in [0, 0.05) is 27.6 Å². The highest BCUT2D eigenvalue weighted by Crippen LogP contribution is 2.55. The molecule has 0 atom stereocenters. The van der Waals surface area contributed by atoms with Crippen molar-refractivity contribution in [3.05, 3.63) is 253 Å². The summed E-state index contributed by atoms with van der Waals surface area (Å²) in [5.41, 5.74) is 14.7. The van der Waals surface area contributed by atoms with Gasteiger partial charge in [0.15, 0.2) is 17.5 Å². The van der Waals surface area contributed by atoms with Gasteiger partial charge in [-0.2, -0.15) is 0 Å². The smallest absolute Gasteiger partial charge is 0.163 e. The fraction of sp³-hybridized carbons (Fsp3) is 0.0172. The van der Waals surface area contributed by atoms with Gasteiger partial charge < -0.3 is 4.57 Å². The van der Waals surface area contributed by atoms with Crippen LogP contribution >= 0.6 is 0 Å². The van der Waals surface area contributed by atoms with Gasteiger partial charge in [-0.25, -0.2) is 15.0 Å². The highest BCUT2D eigenvalue weighted by Gasteiger charge is 2.49. The lowest BCUT2D eigenvalue weighted by atomic mass is 9.71. The summed E-state index contributed by atoms with van der Waals surface area (Å²) in [6.07, 6.45) is 0. The van der Waals surface area contributed by atoms with Crippen molar-refractivity contribution in [3.63, 3.8) is 0 Å². The molecule has 11 aromatic rings. The first-order chi connectivity index (χ1) is 30.7. The molecule has 0 unspecified atom stereocenters. The van der Waals surface area contributed by atoms with Crippen LogP contribution in [0, 0.1) is 0 Å². The molecule has 2 aromatic heterocycles. The Bertz CT molecular complexity index is 3420. The second-order valence-corrected chi connectivity index (χ2v) is 16.0. The topological polar surface area (TPSA) is 43.6 Å². The van der Waals surface area contributed by atoms with E-state index >= 15 is 0 Å². The van der Waals surface area contributed by atoms with Crippen LogP contribution in [0.4, 0.5) is 0 Å². The molecule has 62 heavy (non-hydrogen) atoms. The molecule has 4 heteroatoms. The molecular formula is C58H38N4. The fourth-order valence-electron chi connectivity index (χ4n) is 9.71. The number of rotatable bonds is 7. The number of benzene rings is 9. The van der Waals surface area contributed by atoms with Crippen LogP contribution in [0.5, 0.6) is 0 Å². The molecule has 0 radical (unpaired) electrons. The zero-order valence-electron chi connectivity index (χ0n) is 33.7. The molecule has 4 nitrogen and oxygen atoms in total. The minimum absolute atomic E-state index is 0.614. The van der Waals surface area contributed by atoms with Crippen LogP contribution in [-0.2, 0) is 5.41 Å². The summed E-state index contributed by atoms with van der Waals surface area (Å²) in [6.45, 7) is 0. The second kappa shape index (κ2) is 14.5. The Morgan fingerprint density at radius 2 is 0.839 bits per heavy atom. The second-order valence-electron chi connectivity index (χ2n) is 16.0. The van der Waals surface area contributed by atoms with E-state index < -0.39 is 5.41 Å². The molecule has 0 spiro atoms. The first-order valence-corrected chi connectivity index (χ1v) is 21.1. The van der Waals surface area contributed by atoms with Crippen molar-refractivity contribution >= 4 is 21.8 Å². The highest BCUT2D eigenvalue weighted by molar-refractivity contribution is 6.10. The first kappa shape index (κ1) is 35.7. The van der Waals surface area contributed by atoms with Gasteiger partial charge in [-0.1, -0.05) is 194 Å². The van der Waals surface area contributed by atoms with E-state index in [1.54, 1.807) is 0 Å². The molecule has 0 aliphatic heterocycles. The van der Waals surface area contributed by atoms with Crippen LogP contribution in [0.15, 0.2) is 231 Å². The van der Waals surface area contributed by atoms with Crippen LogP contribution in [-0.4, -0.2) is 19.5 Å². The summed E-state index contributed by atoms with van der Waals surface area (Å²) in [6, 6.07) is 82.0. The summed E-state index contributed by atoms with van der Waals surface area (Å²) >= 11 is 0. The van der Waals surface area contributed by atoms with Gasteiger partial charge in [-0.3, -0.25) is 0 Å². The molecular weight excluding hydrogens is 753 g/mol. The third-order valence-corrected chi connectivity index (χ3v) is 12.5. The lowest BCUT2D eigenvalue weighted by Gasteiger charge is -2.32. The van der Waals surface area contributed by atoms with Crippen molar-refractivity contribution in [2.45, 2.75) is 5.41 Å². The van der Waals surface area contributed by atoms with E-state index in [0.29, 0.717) is 17.5 Å². The fourth-order valence-corrected chi connectivity index (χ4v) is 9.71. The van der Waals surface area contributed by atoms with E-state index in [1.807, 2.05) is 18.2 Å². The van der Waals surface area contributed by atoms with E-state index in [9.17, 15) is 0 Å². The molecule has 0 N–H and O–H groups in total. The Morgan fingerprint density at radius 3 is 1.53 bits per heavy atom. The minimum Gasteiger partial charge on any atom is -0.309 e. The molecule has 0 amide bonds. The summed E-state index contributed by atoms with van der Waals surface area (Å²) in [5.74, 6) is 1.92. The average molecular weight is 791 g/mol. The minimum atomic E-state index is -0.847. The van der Waals surface area contributed by atoms with Crippen LogP contribution < -0.4 is 0 Å².